The van der Waals surface area contributed by atoms with Crippen LogP contribution in [0.25, 0.3) is 0 Å². The summed E-state index contributed by atoms with van der Waals surface area (Å²) in [7, 11) is 0. The second-order valence-electron chi connectivity index (χ2n) is 3.71. The predicted molar refractivity (Wildman–Crippen MR) is 73.9 cm³/mol. The monoisotopic (exact) mass is 327 g/mol. The van der Waals surface area contributed by atoms with Crippen molar-refractivity contribution in [2.75, 3.05) is 6.54 Å². The van der Waals surface area contributed by atoms with Crippen LogP contribution in [0, 0.1) is 0 Å². The first-order valence-electron chi connectivity index (χ1n) is 5.42. The van der Waals surface area contributed by atoms with E-state index in [1.54, 1.807) is 24.5 Å². The van der Waals surface area contributed by atoms with E-state index in [1.165, 1.54) is 0 Å². The van der Waals surface area contributed by atoms with Crippen LogP contribution < -0.4 is 5.32 Å². The molecule has 1 aromatic carbocycles. The molecule has 0 radical (unpaired) electrons. The second-order valence-corrected chi connectivity index (χ2v) is 5.00. The van der Waals surface area contributed by atoms with Crippen molar-refractivity contribution in [2.24, 2.45) is 0 Å². The van der Waals surface area contributed by atoms with E-state index in [0.29, 0.717) is 28.0 Å². The maximum Gasteiger partial charge on any atom is 0.252 e. The number of amides is 1. The lowest BCUT2D eigenvalue weighted by Crippen LogP contribution is -2.25. The molecule has 5 heteroatoms. The summed E-state index contributed by atoms with van der Waals surface area (Å²) in [5, 5.41) is 3.42. The third kappa shape index (κ3) is 3.37. The smallest absolute Gasteiger partial charge is 0.252 e. The molecule has 0 saturated carbocycles. The van der Waals surface area contributed by atoms with Gasteiger partial charge in [0.2, 0.25) is 0 Å². The lowest BCUT2D eigenvalue weighted by atomic mass is 10.2. The molecule has 2 rings (SSSR count). The number of rotatable bonds is 4. The minimum Gasteiger partial charge on any atom is -0.469 e. The molecule has 0 saturated heterocycles. The summed E-state index contributed by atoms with van der Waals surface area (Å²) in [4.78, 5) is 11.9. The lowest BCUT2D eigenvalue weighted by Gasteiger charge is -2.06. The molecule has 0 bridgehead atoms. The van der Waals surface area contributed by atoms with E-state index in [9.17, 15) is 4.79 Å². The minimum atomic E-state index is -0.134. The average molecular weight is 329 g/mol. The van der Waals surface area contributed by atoms with Gasteiger partial charge < -0.3 is 9.73 Å². The summed E-state index contributed by atoms with van der Waals surface area (Å²) < 4.78 is 5.87. The summed E-state index contributed by atoms with van der Waals surface area (Å²) in [5.74, 6) is 0.718. The van der Waals surface area contributed by atoms with Crippen LogP contribution in [0.1, 0.15) is 16.1 Å². The number of carbonyl (C=O) groups is 1. The zero-order chi connectivity index (χ0) is 13.0. The van der Waals surface area contributed by atoms with Crippen LogP contribution >= 0.6 is 27.5 Å². The third-order valence-electron chi connectivity index (χ3n) is 2.41. The van der Waals surface area contributed by atoms with Crippen LogP contribution in [0.15, 0.2) is 45.5 Å². The molecule has 0 atom stereocenters. The first-order valence-corrected chi connectivity index (χ1v) is 6.59. The van der Waals surface area contributed by atoms with Gasteiger partial charge in [-0.15, -0.1) is 0 Å². The minimum absolute atomic E-state index is 0.134. The Morgan fingerprint density at radius 3 is 2.89 bits per heavy atom. The summed E-state index contributed by atoms with van der Waals surface area (Å²) in [6.45, 7) is 0.529. The van der Waals surface area contributed by atoms with E-state index in [4.69, 9.17) is 16.0 Å². The van der Waals surface area contributed by atoms with E-state index in [1.807, 2.05) is 12.1 Å². The van der Waals surface area contributed by atoms with Crippen LogP contribution in [-0.4, -0.2) is 12.5 Å². The molecule has 2 aromatic rings. The molecular weight excluding hydrogens is 318 g/mol. The molecule has 0 unspecified atom stereocenters. The van der Waals surface area contributed by atoms with Gasteiger partial charge in [-0.1, -0.05) is 11.6 Å². The lowest BCUT2D eigenvalue weighted by molar-refractivity contribution is 0.0953. The Labute approximate surface area is 118 Å². The van der Waals surface area contributed by atoms with E-state index in [2.05, 4.69) is 21.2 Å². The van der Waals surface area contributed by atoms with Crippen molar-refractivity contribution < 1.29 is 9.21 Å². The number of hydrogen-bond donors (Lipinski definition) is 1. The standard InChI is InChI=1S/C13H11BrClNO2/c14-12-8-9(15)3-4-11(12)13(17)16-6-5-10-2-1-7-18-10/h1-4,7-8H,5-6H2,(H,16,17). The quantitative estimate of drug-likeness (QED) is 0.930. The van der Waals surface area contributed by atoms with Gasteiger partial charge in [0, 0.05) is 22.5 Å². The van der Waals surface area contributed by atoms with Crippen LogP contribution in [0.3, 0.4) is 0 Å². The summed E-state index contributed by atoms with van der Waals surface area (Å²) in [6.07, 6.45) is 2.29. The molecule has 0 spiro atoms. The Balaban J connectivity index is 1.91. The topological polar surface area (TPSA) is 42.2 Å². The maximum atomic E-state index is 11.9. The summed E-state index contributed by atoms with van der Waals surface area (Å²) >= 11 is 9.13. The van der Waals surface area contributed by atoms with Crippen molar-refractivity contribution in [3.8, 4) is 0 Å². The van der Waals surface area contributed by atoms with Crippen molar-refractivity contribution >= 4 is 33.4 Å². The number of nitrogens with one attached hydrogen (secondary N) is 1. The highest BCUT2D eigenvalue weighted by Crippen LogP contribution is 2.21. The molecule has 94 valence electrons. The number of hydrogen-bond acceptors (Lipinski definition) is 2. The van der Waals surface area contributed by atoms with E-state index in [-0.39, 0.29) is 5.91 Å². The van der Waals surface area contributed by atoms with Gasteiger partial charge in [0.1, 0.15) is 5.76 Å². The number of halogens is 2. The van der Waals surface area contributed by atoms with Crippen LogP contribution in [0.4, 0.5) is 0 Å². The molecule has 0 aliphatic carbocycles. The number of carbonyl (C=O) groups excluding carboxylic acids is 1. The van der Waals surface area contributed by atoms with Crippen LogP contribution in [0.2, 0.25) is 5.02 Å². The zero-order valence-corrected chi connectivity index (χ0v) is 11.8. The van der Waals surface area contributed by atoms with Crippen molar-refractivity contribution in [3.63, 3.8) is 0 Å². The van der Waals surface area contributed by atoms with Crippen LogP contribution in [-0.2, 0) is 6.42 Å². The van der Waals surface area contributed by atoms with E-state index in [0.717, 1.165) is 5.76 Å². The first-order chi connectivity index (χ1) is 8.66. The van der Waals surface area contributed by atoms with Gasteiger partial charge in [0.15, 0.2) is 0 Å². The highest BCUT2D eigenvalue weighted by Gasteiger charge is 2.09. The molecule has 1 heterocycles. The Bertz CT molecular complexity index is 540. The highest BCUT2D eigenvalue weighted by atomic mass is 79.9. The summed E-state index contributed by atoms with van der Waals surface area (Å²) in [6, 6.07) is 8.78. The molecule has 0 fully saturated rings. The van der Waals surface area contributed by atoms with Gasteiger partial charge in [0.05, 0.1) is 11.8 Å². The molecule has 0 aliphatic heterocycles. The van der Waals surface area contributed by atoms with Gasteiger partial charge in [-0.2, -0.15) is 0 Å². The number of benzene rings is 1. The fourth-order valence-electron chi connectivity index (χ4n) is 1.52. The Hall–Kier alpha value is -1.26. The van der Waals surface area contributed by atoms with Crippen molar-refractivity contribution in [2.45, 2.75) is 6.42 Å². The van der Waals surface area contributed by atoms with Gasteiger partial charge in [-0.3, -0.25) is 4.79 Å². The fourth-order valence-corrected chi connectivity index (χ4v) is 2.39. The largest absolute Gasteiger partial charge is 0.469 e. The van der Waals surface area contributed by atoms with Gasteiger partial charge >= 0.3 is 0 Å². The Morgan fingerprint density at radius 1 is 1.39 bits per heavy atom. The van der Waals surface area contributed by atoms with Gasteiger partial charge in [-0.05, 0) is 46.3 Å². The van der Waals surface area contributed by atoms with Gasteiger partial charge in [-0.25, -0.2) is 0 Å². The zero-order valence-electron chi connectivity index (χ0n) is 9.45. The van der Waals surface area contributed by atoms with Crippen LogP contribution in [0.5, 0.6) is 0 Å². The van der Waals surface area contributed by atoms with Crippen molar-refractivity contribution in [1.29, 1.82) is 0 Å². The molecule has 1 aromatic heterocycles. The first kappa shape index (κ1) is 13.2. The number of furan rings is 1. The van der Waals surface area contributed by atoms with Crippen molar-refractivity contribution in [3.05, 3.63) is 57.4 Å². The molecule has 1 amide bonds. The molecule has 0 aliphatic rings. The van der Waals surface area contributed by atoms with Gasteiger partial charge in [0.25, 0.3) is 5.91 Å². The molecular formula is C13H11BrClNO2. The SMILES string of the molecule is O=C(NCCc1ccco1)c1ccc(Cl)cc1Br. The van der Waals surface area contributed by atoms with E-state index >= 15 is 0 Å². The Morgan fingerprint density at radius 2 is 2.22 bits per heavy atom. The second kappa shape index (κ2) is 6.07. The normalized spacial score (nSPS) is 10.3. The Kier molecular flexibility index (Phi) is 4.44. The summed E-state index contributed by atoms with van der Waals surface area (Å²) in [5.41, 5.74) is 0.568. The third-order valence-corrected chi connectivity index (χ3v) is 3.30. The van der Waals surface area contributed by atoms with E-state index < -0.39 is 0 Å². The molecule has 18 heavy (non-hydrogen) atoms. The van der Waals surface area contributed by atoms with Crippen molar-refractivity contribution in [1.82, 2.24) is 5.32 Å². The molecule has 1 N–H and O–H groups in total. The fraction of sp³-hybridized carbons (Fsp3) is 0.154. The average Bonchev–Trinajstić information content (AvgIpc) is 2.81. The predicted octanol–water partition coefficient (Wildman–Crippen LogP) is 3.67. The highest BCUT2D eigenvalue weighted by molar-refractivity contribution is 9.10. The maximum absolute atomic E-state index is 11.9. The molecule has 3 nitrogen and oxygen atoms in total.